The van der Waals surface area contributed by atoms with Crippen LogP contribution in [-0.2, 0) is 9.09 Å². The van der Waals surface area contributed by atoms with Crippen LogP contribution in [0.3, 0.4) is 0 Å². The van der Waals surface area contributed by atoms with Crippen molar-refractivity contribution in [2.24, 2.45) is 0 Å². The van der Waals surface area contributed by atoms with E-state index in [1.165, 1.54) is 0 Å². The number of hydrogen-bond donors (Lipinski definition) is 1. The molecule has 1 N–H and O–H groups in total. The summed E-state index contributed by atoms with van der Waals surface area (Å²) in [5.74, 6) is 0.873. The Hall–Kier alpha value is 0.690. The van der Waals surface area contributed by atoms with E-state index in [-0.39, 0.29) is 7.43 Å². The molecule has 0 saturated carbocycles. The molecule has 0 aromatic rings. The largest absolute Gasteiger partial charge is 0.343 e. The zero-order valence-corrected chi connectivity index (χ0v) is 11.0. The zero-order valence-electron chi connectivity index (χ0n) is 8.62. The number of alkyl halides is 2. The van der Waals surface area contributed by atoms with Crippen molar-refractivity contribution in [3.05, 3.63) is 7.43 Å². The van der Waals surface area contributed by atoms with Crippen molar-refractivity contribution in [2.75, 3.05) is 38.0 Å². The van der Waals surface area contributed by atoms with E-state index in [4.69, 9.17) is 27.7 Å². The smallest absolute Gasteiger partial charge is 0.306 e. The minimum Gasteiger partial charge on any atom is -0.306 e. The lowest BCUT2D eigenvalue weighted by atomic mass is 10.4. The summed E-state index contributed by atoms with van der Waals surface area (Å²) >= 11 is 11.1. The first kappa shape index (κ1) is 15.7. The van der Waals surface area contributed by atoms with Gasteiger partial charge in [0.2, 0.25) is 0 Å². The summed E-state index contributed by atoms with van der Waals surface area (Å²) in [6.45, 7) is 2.36. The second kappa shape index (κ2) is 7.88. The van der Waals surface area contributed by atoms with Crippen LogP contribution in [-0.4, -0.2) is 42.7 Å². The fourth-order valence-corrected chi connectivity index (χ4v) is 3.86. The molecule has 15 heavy (non-hydrogen) atoms. The molecule has 4 nitrogen and oxygen atoms in total. The quantitative estimate of drug-likeness (QED) is 0.617. The number of halogens is 2. The summed E-state index contributed by atoms with van der Waals surface area (Å²) in [5, 5.41) is 2.85. The van der Waals surface area contributed by atoms with Crippen LogP contribution in [0.5, 0.6) is 0 Å². The number of nitrogens with zero attached hydrogens (tertiary/aromatic N) is 1. The highest BCUT2D eigenvalue weighted by Gasteiger charge is 2.33. The Morgan fingerprint density at radius 3 is 2.73 bits per heavy atom. The summed E-state index contributed by atoms with van der Waals surface area (Å²) in [4.78, 5) is 0. The van der Waals surface area contributed by atoms with Crippen molar-refractivity contribution in [3.63, 3.8) is 0 Å². The number of rotatable bonds is 5. The SMILES string of the molecule is O=P1(NCCCl)OCCCN1CCCl.[CH2]. The van der Waals surface area contributed by atoms with Crippen LogP contribution in [0, 0.1) is 7.43 Å². The first-order valence-electron chi connectivity index (χ1n) is 4.60. The maximum absolute atomic E-state index is 12.2. The highest BCUT2D eigenvalue weighted by molar-refractivity contribution is 7.54. The van der Waals surface area contributed by atoms with Gasteiger partial charge in [0.25, 0.3) is 0 Å². The van der Waals surface area contributed by atoms with E-state index in [0.717, 1.165) is 13.0 Å². The highest BCUT2D eigenvalue weighted by Crippen LogP contribution is 2.48. The van der Waals surface area contributed by atoms with Crippen molar-refractivity contribution in [3.8, 4) is 0 Å². The van der Waals surface area contributed by atoms with Crippen LogP contribution >= 0.6 is 30.9 Å². The van der Waals surface area contributed by atoms with Crippen LogP contribution in [0.4, 0.5) is 0 Å². The van der Waals surface area contributed by atoms with Crippen LogP contribution in [0.15, 0.2) is 0 Å². The molecule has 1 saturated heterocycles. The molecule has 0 aromatic heterocycles. The Kier molecular flexibility index (Phi) is 8.24. The first-order valence-corrected chi connectivity index (χ1v) is 7.24. The standard InChI is InChI=1S/C7H15Cl2N2O2P.CH2/c8-2-4-10-14(12)11(6-3-9)5-1-7-13-14;/h1-7H2,(H,10,12);1H2. The van der Waals surface area contributed by atoms with Gasteiger partial charge in [0.15, 0.2) is 0 Å². The van der Waals surface area contributed by atoms with E-state index in [9.17, 15) is 4.57 Å². The molecular formula is C8H17Cl2N2O2P. The molecule has 7 heteroatoms. The summed E-state index contributed by atoms with van der Waals surface area (Å²) in [6.07, 6.45) is 0.892. The van der Waals surface area contributed by atoms with Gasteiger partial charge in [-0.25, -0.2) is 9.76 Å². The van der Waals surface area contributed by atoms with Crippen molar-refractivity contribution in [2.45, 2.75) is 6.42 Å². The Morgan fingerprint density at radius 2 is 2.13 bits per heavy atom. The van der Waals surface area contributed by atoms with Crippen LogP contribution in [0.2, 0.25) is 0 Å². The molecular weight excluding hydrogens is 258 g/mol. The van der Waals surface area contributed by atoms with Gasteiger partial charge in [-0.2, -0.15) is 0 Å². The van der Waals surface area contributed by atoms with E-state index < -0.39 is 7.67 Å². The van der Waals surface area contributed by atoms with Gasteiger partial charge in [-0.3, -0.25) is 4.57 Å². The molecule has 1 heterocycles. The van der Waals surface area contributed by atoms with Gasteiger partial charge in [-0.05, 0) is 6.42 Å². The monoisotopic (exact) mass is 274 g/mol. The number of nitrogens with one attached hydrogen (secondary N) is 1. The number of hydrogen-bond acceptors (Lipinski definition) is 2. The van der Waals surface area contributed by atoms with Crippen LogP contribution in [0.25, 0.3) is 0 Å². The van der Waals surface area contributed by atoms with Gasteiger partial charge < -0.3 is 4.52 Å². The predicted molar refractivity (Wildman–Crippen MR) is 64.5 cm³/mol. The molecule has 0 spiro atoms. The topological polar surface area (TPSA) is 41.6 Å². The van der Waals surface area contributed by atoms with E-state index in [1.807, 2.05) is 0 Å². The summed E-state index contributed by atoms with van der Waals surface area (Å²) in [7, 11) is -2.84. The Morgan fingerprint density at radius 1 is 1.40 bits per heavy atom. The fourth-order valence-electron chi connectivity index (χ4n) is 1.32. The third kappa shape index (κ3) is 4.59. The van der Waals surface area contributed by atoms with Gasteiger partial charge in [-0.1, -0.05) is 7.43 Å². The third-order valence-corrected chi connectivity index (χ3v) is 4.61. The van der Waals surface area contributed by atoms with Crippen LogP contribution in [0.1, 0.15) is 6.42 Å². The van der Waals surface area contributed by atoms with E-state index in [2.05, 4.69) is 5.09 Å². The summed E-state index contributed by atoms with van der Waals surface area (Å²) in [5.41, 5.74) is 0. The molecule has 1 atom stereocenters. The van der Waals surface area contributed by atoms with Crippen molar-refractivity contribution in [1.82, 2.24) is 9.76 Å². The lowest BCUT2D eigenvalue weighted by Crippen LogP contribution is -2.36. The van der Waals surface area contributed by atoms with E-state index in [0.29, 0.717) is 31.5 Å². The molecule has 0 aliphatic carbocycles. The minimum absolute atomic E-state index is 0. The maximum Gasteiger partial charge on any atom is 0.343 e. The molecule has 1 aliphatic rings. The highest BCUT2D eigenvalue weighted by atomic mass is 35.5. The minimum atomic E-state index is -2.84. The lowest BCUT2D eigenvalue weighted by Gasteiger charge is -2.34. The van der Waals surface area contributed by atoms with E-state index >= 15 is 0 Å². The molecule has 2 radical (unpaired) electrons. The third-order valence-electron chi connectivity index (χ3n) is 1.95. The zero-order chi connectivity index (χ0) is 10.4. The Balaban J connectivity index is 0.00000196. The molecule has 1 unspecified atom stereocenters. The first-order chi connectivity index (χ1) is 6.73. The molecule has 0 amide bonds. The van der Waals surface area contributed by atoms with Gasteiger partial charge in [0.05, 0.1) is 6.61 Å². The summed E-state index contributed by atoms with van der Waals surface area (Å²) < 4.78 is 19.2. The molecule has 90 valence electrons. The Labute approximate surface area is 102 Å². The second-order valence-corrected chi connectivity index (χ2v) is 5.88. The molecule has 0 aromatic carbocycles. The average Bonchev–Trinajstić information content (AvgIpc) is 2.19. The van der Waals surface area contributed by atoms with Crippen molar-refractivity contribution >= 4 is 30.9 Å². The summed E-state index contributed by atoms with van der Waals surface area (Å²) in [6, 6.07) is 0. The average molecular weight is 275 g/mol. The molecule has 1 rings (SSSR count). The molecule has 0 bridgehead atoms. The Bertz CT molecular complexity index is 217. The lowest BCUT2D eigenvalue weighted by molar-refractivity contribution is 0.203. The normalized spacial score (nSPS) is 27.3. The van der Waals surface area contributed by atoms with Crippen molar-refractivity contribution in [1.29, 1.82) is 0 Å². The second-order valence-electron chi connectivity index (χ2n) is 2.95. The van der Waals surface area contributed by atoms with Gasteiger partial charge in [0.1, 0.15) is 0 Å². The fraction of sp³-hybridized carbons (Fsp3) is 0.875. The maximum atomic E-state index is 12.2. The van der Waals surface area contributed by atoms with Gasteiger partial charge >= 0.3 is 7.67 Å². The van der Waals surface area contributed by atoms with Gasteiger partial charge in [-0.15, -0.1) is 23.2 Å². The van der Waals surface area contributed by atoms with Crippen molar-refractivity contribution < 1.29 is 9.09 Å². The van der Waals surface area contributed by atoms with Crippen LogP contribution < -0.4 is 5.09 Å². The predicted octanol–water partition coefficient (Wildman–Crippen LogP) is 2.21. The molecule has 1 fully saturated rings. The van der Waals surface area contributed by atoms with Gasteiger partial charge in [0, 0.05) is 31.4 Å². The molecule has 1 aliphatic heterocycles. The van der Waals surface area contributed by atoms with E-state index in [1.54, 1.807) is 4.67 Å².